The van der Waals surface area contributed by atoms with Crippen LogP contribution in [-0.2, 0) is 0 Å². The zero-order valence-corrected chi connectivity index (χ0v) is 69.3. The van der Waals surface area contributed by atoms with Crippen molar-refractivity contribution in [2.75, 3.05) is 0 Å². The smallest absolute Gasteiger partial charge is 0.0294 e. The van der Waals surface area contributed by atoms with E-state index in [0.717, 1.165) is 122 Å². The summed E-state index contributed by atoms with van der Waals surface area (Å²) in [6, 6.07) is 0. The van der Waals surface area contributed by atoms with E-state index >= 15 is 0 Å². The van der Waals surface area contributed by atoms with Crippen molar-refractivity contribution in [1.29, 1.82) is 0 Å². The van der Waals surface area contributed by atoms with E-state index in [2.05, 4.69) is 111 Å². The Morgan fingerprint density at radius 1 is 0.379 bits per heavy atom. The molecule has 3 atom stereocenters. The topological polar surface area (TPSA) is 0 Å². The highest BCUT2D eigenvalue weighted by Crippen LogP contribution is 2.63. The molecule has 0 aromatic heterocycles. The third-order valence-corrected chi connectivity index (χ3v) is 31.9. The Hall–Kier alpha value is 0. The minimum Gasteiger partial charge on any atom is -0.0651 e. The van der Waals surface area contributed by atoms with E-state index in [9.17, 15) is 0 Å². The van der Waals surface area contributed by atoms with Gasteiger partial charge in [-0.3, -0.25) is 0 Å². The van der Waals surface area contributed by atoms with Crippen LogP contribution in [0.3, 0.4) is 0 Å². The number of fused-ring (bicyclic) bond motifs is 6. The number of hydrogen-bond acceptors (Lipinski definition) is 0. The lowest BCUT2D eigenvalue weighted by Gasteiger charge is -2.56. The molecule has 0 heterocycles. The Morgan fingerprint density at radius 3 is 0.895 bits per heavy atom. The lowest BCUT2D eigenvalue weighted by molar-refractivity contribution is -0.0545. The highest BCUT2D eigenvalue weighted by atomic mass is 14.6. The van der Waals surface area contributed by atoms with Crippen molar-refractivity contribution >= 4 is 0 Å². The molecule has 0 amide bonds. The summed E-state index contributed by atoms with van der Waals surface area (Å²) in [7, 11) is 0. The molecule has 0 N–H and O–H groups in total. The molecule has 0 saturated heterocycles. The van der Waals surface area contributed by atoms with E-state index in [-0.39, 0.29) is 11.8 Å². The molecule has 0 heteroatoms. The molecule has 558 valence electrons. The summed E-state index contributed by atoms with van der Waals surface area (Å²) in [5.74, 6) is 17.2. The lowest BCUT2D eigenvalue weighted by atomic mass is 9.49. The average molecular weight is 1320 g/mol. The molecule has 0 aliphatic heterocycles. The van der Waals surface area contributed by atoms with Crippen LogP contribution in [0.15, 0.2) is 0 Å². The van der Waals surface area contributed by atoms with Crippen molar-refractivity contribution in [3.8, 4) is 0 Å². The zero-order valence-electron chi connectivity index (χ0n) is 72.3. The van der Waals surface area contributed by atoms with Crippen LogP contribution in [0.4, 0.5) is 0 Å². The van der Waals surface area contributed by atoms with E-state index < -0.39 is 6.37 Å². The maximum Gasteiger partial charge on any atom is 0.0294 e. The second kappa shape index (κ2) is 36.6. The summed E-state index contributed by atoms with van der Waals surface area (Å²) in [6.45, 7) is 49.1. The molecule has 12 bridgehead atoms. The van der Waals surface area contributed by atoms with Crippen LogP contribution < -0.4 is 0 Å². The van der Waals surface area contributed by atoms with E-state index in [1.54, 1.807) is 135 Å². The minimum absolute atomic E-state index is 0.132. The predicted molar refractivity (Wildman–Crippen MR) is 424 cm³/mol. The van der Waals surface area contributed by atoms with Gasteiger partial charge in [-0.15, -0.1) is 0 Å². The van der Waals surface area contributed by atoms with E-state index in [4.69, 9.17) is 4.11 Å². The van der Waals surface area contributed by atoms with Gasteiger partial charge in [0.15, 0.2) is 0 Å². The lowest BCUT2D eigenvalue weighted by Crippen LogP contribution is -2.45. The van der Waals surface area contributed by atoms with Crippen LogP contribution >= 0.6 is 0 Å². The van der Waals surface area contributed by atoms with Gasteiger partial charge in [-0.25, -0.2) is 0 Å². The quantitative estimate of drug-likeness (QED) is 0.259. The monoisotopic (exact) mass is 1320 g/mol. The maximum absolute atomic E-state index is 7.05. The van der Waals surface area contributed by atoms with Gasteiger partial charge in [0.1, 0.15) is 0 Å². The maximum atomic E-state index is 7.05. The molecule has 1 unspecified atom stereocenters. The molecule has 20 saturated carbocycles. The standard InChI is InChI=1S/C14H26.C12H20.C12H22.C11H18.2C11H20.C10H18.2C5H12.C4H10/c1-12-4-6-14(7-5-12)10-8-13(2,3)9-11-14;1-2-12-6-9-3-10(7-12)5-11(4-9)8-12;1-11-5-9-12(10-6-11)7-3-2-4-8-12;1-11-5-8-2-9(6-11)4-10(3-8)7-11;1-8-9-4-6-10(7-5-9)11(8,2)3;1-10-4-8-11(9-5-10)6-2-3-7-11;1-7-8(2)10-5-3-9(7)4-6-10;1-5(2,3)4;1-4-5(2)3;1-4(2)3/h12H,4-11H2,1-3H3;9-11H,2-8H2,1H3;11H,2-10H2,1H3;8-10H,2-7H2,1H3;8-10H,4-7H2,1-3H3;10H,2-9H2,1H3;7-10H,3-6H2,1-2H3;1-4H3;5H,4H2,1-3H3;4H,1-3H3/t;;;;8-,9?,10?;;7-,8?,9?,10?;;;/m....1.0.../s1/i;;;;;;;;4D2;4D. The summed E-state index contributed by atoms with van der Waals surface area (Å²) >= 11 is 0. The molecule has 0 radical (unpaired) electrons. The molecule has 0 aromatic rings. The van der Waals surface area contributed by atoms with E-state index in [1.807, 2.05) is 34.6 Å². The third-order valence-electron chi connectivity index (χ3n) is 31.9. The van der Waals surface area contributed by atoms with Crippen LogP contribution in [0, 0.1) is 150 Å². The molecule has 20 aliphatic carbocycles. The Balaban J connectivity index is 0.000000155. The molecule has 3 spiro atoms. The summed E-state index contributed by atoms with van der Waals surface area (Å²) in [6.07, 6.45) is 69.9. The second-order valence-corrected chi connectivity index (χ2v) is 44.0. The number of hydrogen-bond donors (Lipinski definition) is 0. The van der Waals surface area contributed by atoms with Crippen molar-refractivity contribution in [1.82, 2.24) is 0 Å². The van der Waals surface area contributed by atoms with Crippen molar-refractivity contribution in [3.63, 3.8) is 0 Å². The average Bonchev–Trinajstić information content (AvgIpc) is 0.875. The summed E-state index contributed by atoms with van der Waals surface area (Å²) in [5.41, 5.74) is 5.93. The van der Waals surface area contributed by atoms with Crippen molar-refractivity contribution < 1.29 is 4.11 Å². The van der Waals surface area contributed by atoms with Gasteiger partial charge in [-0.05, 0) is 368 Å². The molecular weight excluding hydrogens is 1140 g/mol. The first-order valence-corrected chi connectivity index (χ1v) is 44.0. The van der Waals surface area contributed by atoms with Crippen molar-refractivity contribution in [2.45, 2.75) is 454 Å². The molecule has 20 aliphatic rings. The molecule has 0 nitrogen and oxygen atoms in total. The van der Waals surface area contributed by atoms with Crippen LogP contribution in [0.1, 0.15) is 458 Å². The fourth-order valence-corrected chi connectivity index (χ4v) is 25.2. The van der Waals surface area contributed by atoms with Crippen LogP contribution in [-0.4, -0.2) is 0 Å². The fourth-order valence-electron chi connectivity index (χ4n) is 25.2. The van der Waals surface area contributed by atoms with E-state index in [0.29, 0.717) is 16.2 Å². The highest BCUT2D eigenvalue weighted by Gasteiger charge is 2.51. The highest BCUT2D eigenvalue weighted by molar-refractivity contribution is 5.02. The Bertz CT molecular complexity index is 2070. The SMILES string of the molecule is CC(C)(C)C.CC12CC3CC(CC(C3)C1)C2.CC1C2CCC(CC2)[C@H]1C.CC1CCC2(CC1)CCC(C)(C)CC2.CC1CCC2(CCCC2)CC1.CC1CCC2(CCCCC2)CC1.CCC12CC3CC(CC(C3)C1)C2.C[C@@H]1C2CCC(CC2)C1(C)C.[2H]C(C)(C)C.[2H]C([2H])(C)C(C)C. The van der Waals surface area contributed by atoms with Gasteiger partial charge in [0, 0.05) is 4.11 Å². The van der Waals surface area contributed by atoms with E-state index in [1.165, 1.54) is 167 Å². The first kappa shape index (κ1) is 77.6. The second-order valence-electron chi connectivity index (χ2n) is 44.0. The van der Waals surface area contributed by atoms with Crippen molar-refractivity contribution in [3.05, 3.63) is 0 Å². The molecule has 95 heavy (non-hydrogen) atoms. The Kier molecular flexibility index (Phi) is 29.9. The van der Waals surface area contributed by atoms with Crippen LogP contribution in [0.2, 0.25) is 0 Å². The van der Waals surface area contributed by atoms with Gasteiger partial charge in [-0.1, -0.05) is 236 Å². The Labute approximate surface area is 604 Å². The fraction of sp³-hybridized carbons (Fsp3) is 1.00. The van der Waals surface area contributed by atoms with Gasteiger partial charge in [0.05, 0.1) is 0 Å². The molecule has 20 rings (SSSR count). The predicted octanol–water partition coefficient (Wildman–Crippen LogP) is 31.8. The normalized spacial score (nSPS) is 40.3. The first-order chi connectivity index (χ1) is 45.5. The third kappa shape index (κ3) is 25.7. The van der Waals surface area contributed by atoms with Crippen LogP contribution in [0.25, 0.3) is 0 Å². The van der Waals surface area contributed by atoms with Crippen molar-refractivity contribution in [2.24, 2.45) is 150 Å². The molecule has 20 fully saturated rings. The molecular formula is C95H178. The minimum atomic E-state index is -1.00. The Morgan fingerprint density at radius 2 is 0.653 bits per heavy atom. The van der Waals surface area contributed by atoms with Gasteiger partial charge in [0.25, 0.3) is 0 Å². The summed E-state index contributed by atoms with van der Waals surface area (Å²) < 4.78 is 21.0. The van der Waals surface area contributed by atoms with Crippen LogP contribution in [0.5, 0.6) is 0 Å². The van der Waals surface area contributed by atoms with Gasteiger partial charge in [0.2, 0.25) is 0 Å². The number of rotatable bonds is 2. The van der Waals surface area contributed by atoms with Gasteiger partial charge < -0.3 is 0 Å². The largest absolute Gasteiger partial charge is 0.0651 e. The zero-order chi connectivity index (χ0) is 72.3. The molecule has 0 aromatic carbocycles. The first-order valence-electron chi connectivity index (χ1n) is 45.5. The summed E-state index contributed by atoms with van der Waals surface area (Å²) in [5, 5.41) is 0. The van der Waals surface area contributed by atoms with Gasteiger partial charge >= 0.3 is 0 Å². The van der Waals surface area contributed by atoms with Gasteiger partial charge in [-0.2, -0.15) is 0 Å². The summed E-state index contributed by atoms with van der Waals surface area (Å²) in [4.78, 5) is 0.